The van der Waals surface area contributed by atoms with Crippen LogP contribution in [-0.4, -0.2) is 24.7 Å². The van der Waals surface area contributed by atoms with E-state index in [0.29, 0.717) is 24.8 Å². The van der Waals surface area contributed by atoms with Gasteiger partial charge < -0.3 is 4.90 Å². The molecule has 0 amide bonds. The third-order valence-corrected chi connectivity index (χ3v) is 3.74. The van der Waals surface area contributed by atoms with E-state index in [2.05, 4.69) is 18.7 Å². The van der Waals surface area contributed by atoms with Crippen LogP contribution in [0.3, 0.4) is 0 Å². The minimum absolute atomic E-state index is 0.0194. The number of benzene rings is 1. The zero-order chi connectivity index (χ0) is 14.5. The van der Waals surface area contributed by atoms with E-state index in [4.69, 9.17) is 0 Å². The van der Waals surface area contributed by atoms with E-state index in [1.54, 1.807) is 6.08 Å². The molecule has 0 unspecified atom stereocenters. The first-order chi connectivity index (χ1) is 9.65. The summed E-state index contributed by atoms with van der Waals surface area (Å²) in [4.78, 5) is 25.8. The number of anilines is 1. The smallest absolute Gasteiger partial charge is 0.166 e. The van der Waals surface area contributed by atoms with Gasteiger partial charge in [-0.15, -0.1) is 0 Å². The van der Waals surface area contributed by atoms with Gasteiger partial charge in [0.15, 0.2) is 11.6 Å². The normalized spacial score (nSPS) is 15.4. The highest BCUT2D eigenvalue weighted by Gasteiger charge is 2.22. The number of nitrogens with zero attached hydrogens (tertiary/aromatic N) is 1. The van der Waals surface area contributed by atoms with E-state index in [1.165, 1.54) is 5.69 Å². The standard InChI is InChI=1S/C17H21NO2/c1-3-18(4-2)14-10-8-13(9-11-14)12-15-16(19)6-5-7-17(15)20/h8-12H,3-7H2,1-2H3. The molecule has 3 heteroatoms. The summed E-state index contributed by atoms with van der Waals surface area (Å²) < 4.78 is 0. The summed E-state index contributed by atoms with van der Waals surface area (Å²) in [7, 11) is 0. The van der Waals surface area contributed by atoms with E-state index < -0.39 is 0 Å². The Kier molecular flexibility index (Phi) is 4.72. The summed E-state index contributed by atoms with van der Waals surface area (Å²) in [5.41, 5.74) is 2.45. The molecule has 1 aromatic rings. The van der Waals surface area contributed by atoms with E-state index >= 15 is 0 Å². The Bertz CT molecular complexity index is 506. The monoisotopic (exact) mass is 271 g/mol. The molecular weight excluding hydrogens is 250 g/mol. The molecule has 1 saturated carbocycles. The molecule has 0 heterocycles. The van der Waals surface area contributed by atoms with Crippen molar-refractivity contribution < 1.29 is 9.59 Å². The lowest BCUT2D eigenvalue weighted by Gasteiger charge is -2.21. The second kappa shape index (κ2) is 6.51. The molecule has 1 aliphatic carbocycles. The fourth-order valence-electron chi connectivity index (χ4n) is 2.53. The first-order valence-corrected chi connectivity index (χ1v) is 7.28. The minimum atomic E-state index is -0.0194. The molecule has 0 atom stereocenters. The van der Waals surface area contributed by atoms with Crippen LogP contribution in [0.5, 0.6) is 0 Å². The largest absolute Gasteiger partial charge is 0.372 e. The van der Waals surface area contributed by atoms with Crippen molar-refractivity contribution in [2.75, 3.05) is 18.0 Å². The summed E-state index contributed by atoms with van der Waals surface area (Å²) in [6.45, 7) is 6.18. The van der Waals surface area contributed by atoms with Crippen molar-refractivity contribution in [3.8, 4) is 0 Å². The van der Waals surface area contributed by atoms with Gasteiger partial charge in [-0.05, 0) is 44.0 Å². The summed E-state index contributed by atoms with van der Waals surface area (Å²) >= 11 is 0. The van der Waals surface area contributed by atoms with Gasteiger partial charge in [-0.3, -0.25) is 9.59 Å². The van der Waals surface area contributed by atoms with Gasteiger partial charge in [0.1, 0.15) is 0 Å². The van der Waals surface area contributed by atoms with Crippen molar-refractivity contribution in [3.63, 3.8) is 0 Å². The molecule has 106 valence electrons. The average Bonchev–Trinajstić information content (AvgIpc) is 2.46. The summed E-state index contributed by atoms with van der Waals surface area (Å²) in [5.74, 6) is -0.0388. The second-order valence-corrected chi connectivity index (χ2v) is 5.02. The molecule has 0 saturated heterocycles. The molecule has 0 spiro atoms. The van der Waals surface area contributed by atoms with E-state index in [1.807, 2.05) is 24.3 Å². The maximum atomic E-state index is 11.8. The lowest BCUT2D eigenvalue weighted by atomic mass is 9.91. The lowest BCUT2D eigenvalue weighted by Crippen LogP contribution is -2.21. The Labute approximate surface area is 120 Å². The van der Waals surface area contributed by atoms with Crippen molar-refractivity contribution in [1.29, 1.82) is 0 Å². The number of Topliss-reactive ketones (excluding diaryl/α,β-unsaturated/α-hetero) is 2. The highest BCUT2D eigenvalue weighted by Crippen LogP contribution is 2.21. The molecule has 20 heavy (non-hydrogen) atoms. The predicted molar refractivity (Wildman–Crippen MR) is 81.8 cm³/mol. The van der Waals surface area contributed by atoms with E-state index in [-0.39, 0.29) is 11.6 Å². The van der Waals surface area contributed by atoms with E-state index in [0.717, 1.165) is 18.7 Å². The van der Waals surface area contributed by atoms with Crippen molar-refractivity contribution in [1.82, 2.24) is 0 Å². The van der Waals surface area contributed by atoms with Gasteiger partial charge in [-0.2, -0.15) is 0 Å². The maximum absolute atomic E-state index is 11.8. The molecule has 2 rings (SSSR count). The SMILES string of the molecule is CCN(CC)c1ccc(C=C2C(=O)CCCC2=O)cc1. The number of carbonyl (C=O) groups is 2. The number of rotatable bonds is 4. The molecule has 1 aromatic carbocycles. The Morgan fingerprint density at radius 3 is 2.05 bits per heavy atom. The average molecular weight is 271 g/mol. The number of ketones is 2. The topological polar surface area (TPSA) is 37.4 Å². The molecule has 0 bridgehead atoms. The van der Waals surface area contributed by atoms with Gasteiger partial charge in [0.25, 0.3) is 0 Å². The van der Waals surface area contributed by atoms with Gasteiger partial charge in [0.2, 0.25) is 0 Å². The van der Waals surface area contributed by atoms with Crippen LogP contribution in [0.15, 0.2) is 29.8 Å². The molecule has 0 N–H and O–H groups in total. The molecule has 3 nitrogen and oxygen atoms in total. The molecule has 1 fully saturated rings. The van der Waals surface area contributed by atoms with E-state index in [9.17, 15) is 9.59 Å². The Morgan fingerprint density at radius 2 is 1.55 bits per heavy atom. The minimum Gasteiger partial charge on any atom is -0.372 e. The van der Waals surface area contributed by atoms with Gasteiger partial charge in [-0.25, -0.2) is 0 Å². The zero-order valence-corrected chi connectivity index (χ0v) is 12.2. The molecule has 1 aliphatic rings. The van der Waals surface area contributed by atoms with Crippen LogP contribution in [-0.2, 0) is 9.59 Å². The van der Waals surface area contributed by atoms with Crippen LogP contribution in [0.25, 0.3) is 6.08 Å². The summed E-state index contributed by atoms with van der Waals surface area (Å²) in [5, 5.41) is 0. The second-order valence-electron chi connectivity index (χ2n) is 5.02. The molecule has 0 radical (unpaired) electrons. The van der Waals surface area contributed by atoms with Gasteiger partial charge in [-0.1, -0.05) is 12.1 Å². The Hall–Kier alpha value is -1.90. The van der Waals surface area contributed by atoms with Crippen LogP contribution in [0.1, 0.15) is 38.7 Å². The number of hydrogen-bond acceptors (Lipinski definition) is 3. The Morgan fingerprint density at radius 1 is 1.00 bits per heavy atom. The van der Waals surface area contributed by atoms with Gasteiger partial charge in [0.05, 0.1) is 5.57 Å². The van der Waals surface area contributed by atoms with Crippen molar-refractivity contribution in [3.05, 3.63) is 35.4 Å². The van der Waals surface area contributed by atoms with Gasteiger partial charge in [0, 0.05) is 31.6 Å². The zero-order valence-electron chi connectivity index (χ0n) is 12.2. The molecule has 0 aliphatic heterocycles. The molecule has 0 aromatic heterocycles. The van der Waals surface area contributed by atoms with Crippen molar-refractivity contribution >= 4 is 23.3 Å². The summed E-state index contributed by atoms with van der Waals surface area (Å²) in [6, 6.07) is 8.01. The lowest BCUT2D eigenvalue weighted by molar-refractivity contribution is -0.123. The third kappa shape index (κ3) is 3.16. The fourth-order valence-corrected chi connectivity index (χ4v) is 2.53. The van der Waals surface area contributed by atoms with Crippen LogP contribution >= 0.6 is 0 Å². The molecular formula is C17H21NO2. The van der Waals surface area contributed by atoms with Crippen LogP contribution < -0.4 is 4.90 Å². The first-order valence-electron chi connectivity index (χ1n) is 7.28. The number of carbonyl (C=O) groups excluding carboxylic acids is 2. The highest BCUT2D eigenvalue weighted by atomic mass is 16.1. The van der Waals surface area contributed by atoms with Crippen LogP contribution in [0, 0.1) is 0 Å². The highest BCUT2D eigenvalue weighted by molar-refractivity contribution is 6.24. The predicted octanol–water partition coefficient (Wildman–Crippen LogP) is 3.24. The van der Waals surface area contributed by atoms with Gasteiger partial charge >= 0.3 is 0 Å². The Balaban J connectivity index is 2.21. The quantitative estimate of drug-likeness (QED) is 0.623. The van der Waals surface area contributed by atoms with Crippen LogP contribution in [0.2, 0.25) is 0 Å². The summed E-state index contributed by atoms with van der Waals surface area (Å²) in [6.07, 6.45) is 3.41. The van der Waals surface area contributed by atoms with Crippen molar-refractivity contribution in [2.45, 2.75) is 33.1 Å². The van der Waals surface area contributed by atoms with Crippen molar-refractivity contribution in [2.24, 2.45) is 0 Å². The third-order valence-electron chi connectivity index (χ3n) is 3.74. The number of allylic oxidation sites excluding steroid dienone is 1. The fraction of sp³-hybridized carbons (Fsp3) is 0.412. The first kappa shape index (κ1) is 14.5. The number of hydrogen-bond donors (Lipinski definition) is 0. The maximum Gasteiger partial charge on any atom is 0.166 e. The van der Waals surface area contributed by atoms with Crippen LogP contribution in [0.4, 0.5) is 5.69 Å².